The van der Waals surface area contributed by atoms with Gasteiger partial charge in [0.05, 0.1) is 16.8 Å². The molecule has 0 bridgehead atoms. The summed E-state index contributed by atoms with van der Waals surface area (Å²) in [6.07, 6.45) is -0.668. The second-order valence-electron chi connectivity index (χ2n) is 3.91. The zero-order chi connectivity index (χ0) is 11.6. The van der Waals surface area contributed by atoms with Gasteiger partial charge in [-0.25, -0.2) is 0 Å². The predicted molar refractivity (Wildman–Crippen MR) is 64.4 cm³/mol. The van der Waals surface area contributed by atoms with Crippen LogP contribution in [0.5, 0.6) is 0 Å². The average molecular weight is 229 g/mol. The number of hydrogen-bond donors (Lipinski definition) is 2. The third-order valence-corrected chi connectivity index (χ3v) is 2.60. The standard InChI is InChI=1S/C11H17ClN2O/c1-7(13)11(15)8-4-5-10(14(2)3)9(12)6-8/h4-7,11,15H,13H2,1-3H3. The van der Waals surface area contributed by atoms with E-state index in [9.17, 15) is 5.11 Å². The SMILES string of the molecule is CC(N)C(O)c1ccc(N(C)C)c(Cl)c1. The number of nitrogens with two attached hydrogens (primary N) is 1. The lowest BCUT2D eigenvalue weighted by atomic mass is 10.0. The largest absolute Gasteiger partial charge is 0.387 e. The lowest BCUT2D eigenvalue weighted by Gasteiger charge is -2.18. The van der Waals surface area contributed by atoms with Crippen LogP contribution in [0.4, 0.5) is 5.69 Å². The number of rotatable bonds is 3. The molecule has 2 atom stereocenters. The Kier molecular flexibility index (Phi) is 3.97. The van der Waals surface area contributed by atoms with Crippen LogP contribution in [-0.2, 0) is 0 Å². The Bertz CT molecular complexity index is 339. The van der Waals surface area contributed by atoms with Crippen molar-refractivity contribution in [2.24, 2.45) is 5.73 Å². The van der Waals surface area contributed by atoms with E-state index in [1.165, 1.54) is 0 Å². The van der Waals surface area contributed by atoms with Gasteiger partial charge < -0.3 is 15.7 Å². The first-order valence-electron chi connectivity index (χ1n) is 4.84. The molecule has 3 nitrogen and oxygen atoms in total. The third kappa shape index (κ3) is 2.84. The van der Waals surface area contributed by atoms with Crippen molar-refractivity contribution in [1.82, 2.24) is 0 Å². The van der Waals surface area contributed by atoms with Crippen molar-refractivity contribution in [2.75, 3.05) is 19.0 Å². The van der Waals surface area contributed by atoms with E-state index < -0.39 is 6.10 Å². The minimum atomic E-state index is -0.668. The molecule has 0 aliphatic heterocycles. The Morgan fingerprint density at radius 3 is 2.40 bits per heavy atom. The molecule has 0 saturated heterocycles. The topological polar surface area (TPSA) is 49.5 Å². The maximum atomic E-state index is 9.75. The molecular weight excluding hydrogens is 212 g/mol. The fraction of sp³-hybridized carbons (Fsp3) is 0.455. The first-order valence-corrected chi connectivity index (χ1v) is 5.21. The van der Waals surface area contributed by atoms with Gasteiger partial charge in [0.1, 0.15) is 0 Å². The van der Waals surface area contributed by atoms with Gasteiger partial charge in [0.15, 0.2) is 0 Å². The molecule has 15 heavy (non-hydrogen) atoms. The van der Waals surface area contributed by atoms with E-state index in [-0.39, 0.29) is 6.04 Å². The fourth-order valence-corrected chi connectivity index (χ4v) is 1.73. The average Bonchev–Trinajstić information content (AvgIpc) is 2.15. The summed E-state index contributed by atoms with van der Waals surface area (Å²) < 4.78 is 0. The quantitative estimate of drug-likeness (QED) is 0.830. The Morgan fingerprint density at radius 1 is 1.40 bits per heavy atom. The van der Waals surface area contributed by atoms with E-state index in [4.69, 9.17) is 17.3 Å². The Labute approximate surface area is 95.5 Å². The highest BCUT2D eigenvalue weighted by atomic mass is 35.5. The van der Waals surface area contributed by atoms with Crippen molar-refractivity contribution in [3.05, 3.63) is 28.8 Å². The van der Waals surface area contributed by atoms with Crippen LogP contribution in [-0.4, -0.2) is 25.2 Å². The molecule has 84 valence electrons. The molecule has 0 radical (unpaired) electrons. The summed E-state index contributed by atoms with van der Waals surface area (Å²) in [5.74, 6) is 0. The van der Waals surface area contributed by atoms with Crippen LogP contribution in [0.1, 0.15) is 18.6 Å². The molecule has 0 aliphatic carbocycles. The van der Waals surface area contributed by atoms with Gasteiger partial charge in [-0.1, -0.05) is 17.7 Å². The van der Waals surface area contributed by atoms with E-state index in [1.54, 1.807) is 13.0 Å². The molecule has 1 aromatic carbocycles. The van der Waals surface area contributed by atoms with Crippen molar-refractivity contribution in [2.45, 2.75) is 19.1 Å². The van der Waals surface area contributed by atoms with Crippen LogP contribution in [0.25, 0.3) is 0 Å². The summed E-state index contributed by atoms with van der Waals surface area (Å²) in [5, 5.41) is 10.4. The Hall–Kier alpha value is -0.770. The zero-order valence-corrected chi connectivity index (χ0v) is 9.99. The molecule has 0 saturated carbocycles. The third-order valence-electron chi connectivity index (χ3n) is 2.29. The molecule has 0 heterocycles. The molecule has 0 spiro atoms. The molecule has 0 amide bonds. The van der Waals surface area contributed by atoms with Crippen molar-refractivity contribution in [3.63, 3.8) is 0 Å². The number of nitrogens with zero attached hydrogens (tertiary/aromatic N) is 1. The maximum Gasteiger partial charge on any atom is 0.0938 e. The summed E-state index contributed by atoms with van der Waals surface area (Å²) in [4.78, 5) is 1.92. The predicted octanol–water partition coefficient (Wildman–Crippen LogP) is 1.79. The molecule has 4 heteroatoms. The van der Waals surface area contributed by atoms with E-state index >= 15 is 0 Å². The molecule has 0 aliphatic rings. The molecule has 0 aromatic heterocycles. The molecular formula is C11H17ClN2O. The normalized spacial score (nSPS) is 14.8. The van der Waals surface area contributed by atoms with Gasteiger partial charge in [0, 0.05) is 20.1 Å². The summed E-state index contributed by atoms with van der Waals surface area (Å²) >= 11 is 6.08. The summed E-state index contributed by atoms with van der Waals surface area (Å²) in [5.41, 5.74) is 7.29. The molecule has 3 N–H and O–H groups in total. The highest BCUT2D eigenvalue weighted by molar-refractivity contribution is 6.33. The van der Waals surface area contributed by atoms with Crippen LogP contribution in [0.2, 0.25) is 5.02 Å². The van der Waals surface area contributed by atoms with Gasteiger partial charge in [-0.3, -0.25) is 0 Å². The lowest BCUT2D eigenvalue weighted by Crippen LogP contribution is -2.24. The number of aliphatic hydroxyl groups excluding tert-OH is 1. The van der Waals surface area contributed by atoms with Crippen LogP contribution >= 0.6 is 11.6 Å². The van der Waals surface area contributed by atoms with Gasteiger partial charge >= 0.3 is 0 Å². The van der Waals surface area contributed by atoms with Gasteiger partial charge in [-0.05, 0) is 24.6 Å². The van der Waals surface area contributed by atoms with Crippen molar-refractivity contribution >= 4 is 17.3 Å². The summed E-state index contributed by atoms with van der Waals surface area (Å²) in [6.45, 7) is 1.76. The minimum absolute atomic E-state index is 0.300. The molecule has 0 fully saturated rings. The van der Waals surface area contributed by atoms with Crippen LogP contribution in [0.3, 0.4) is 0 Å². The van der Waals surface area contributed by atoms with E-state index in [0.717, 1.165) is 11.3 Å². The second-order valence-corrected chi connectivity index (χ2v) is 4.32. The second kappa shape index (κ2) is 4.84. The van der Waals surface area contributed by atoms with Crippen LogP contribution in [0.15, 0.2) is 18.2 Å². The first kappa shape index (κ1) is 12.3. The van der Waals surface area contributed by atoms with Crippen molar-refractivity contribution < 1.29 is 5.11 Å². The highest BCUT2D eigenvalue weighted by Crippen LogP contribution is 2.28. The van der Waals surface area contributed by atoms with Crippen LogP contribution in [0, 0.1) is 0 Å². The Morgan fingerprint density at radius 2 is 2.00 bits per heavy atom. The lowest BCUT2D eigenvalue weighted by molar-refractivity contribution is 0.153. The number of hydrogen-bond acceptors (Lipinski definition) is 3. The number of benzene rings is 1. The maximum absolute atomic E-state index is 9.75. The van der Waals surface area contributed by atoms with Crippen molar-refractivity contribution in [3.8, 4) is 0 Å². The number of anilines is 1. The summed E-state index contributed by atoms with van der Waals surface area (Å²) in [6, 6.07) is 5.18. The van der Waals surface area contributed by atoms with Crippen molar-refractivity contribution in [1.29, 1.82) is 0 Å². The van der Waals surface area contributed by atoms with Gasteiger partial charge in [0.25, 0.3) is 0 Å². The number of aliphatic hydroxyl groups is 1. The van der Waals surface area contributed by atoms with Gasteiger partial charge in [-0.2, -0.15) is 0 Å². The minimum Gasteiger partial charge on any atom is -0.387 e. The first-order chi connectivity index (χ1) is 6.93. The fourth-order valence-electron chi connectivity index (χ4n) is 1.37. The van der Waals surface area contributed by atoms with E-state index in [2.05, 4.69) is 0 Å². The smallest absolute Gasteiger partial charge is 0.0938 e. The molecule has 1 aromatic rings. The zero-order valence-electron chi connectivity index (χ0n) is 9.24. The summed E-state index contributed by atoms with van der Waals surface area (Å²) in [7, 11) is 3.84. The molecule has 2 unspecified atom stereocenters. The van der Waals surface area contributed by atoms with E-state index in [0.29, 0.717) is 5.02 Å². The Balaban J connectivity index is 3.01. The van der Waals surface area contributed by atoms with Crippen LogP contribution < -0.4 is 10.6 Å². The number of halogens is 1. The highest BCUT2D eigenvalue weighted by Gasteiger charge is 2.14. The van der Waals surface area contributed by atoms with E-state index in [1.807, 2.05) is 31.1 Å². The molecule has 1 rings (SSSR count). The van der Waals surface area contributed by atoms with Gasteiger partial charge in [0.2, 0.25) is 0 Å². The monoisotopic (exact) mass is 228 g/mol. The van der Waals surface area contributed by atoms with Gasteiger partial charge in [-0.15, -0.1) is 0 Å².